The molecule has 0 aromatic carbocycles. The van der Waals surface area contributed by atoms with Crippen LogP contribution in [-0.4, -0.2) is 0 Å². The van der Waals surface area contributed by atoms with Crippen LogP contribution in [-0.2, 0) is 21.7 Å². The minimum Gasteiger partial charge on any atom is -0.273 e. The first kappa shape index (κ1) is 19.2. The Morgan fingerprint density at radius 2 is 1.15 bits per heavy atom. The summed E-state index contributed by atoms with van der Waals surface area (Å²) in [5, 5.41) is 0. The topological polar surface area (TPSA) is 0 Å². The van der Waals surface area contributed by atoms with Gasteiger partial charge < -0.3 is 0 Å². The van der Waals surface area contributed by atoms with Crippen LogP contribution in [0.4, 0.5) is 0 Å². The summed E-state index contributed by atoms with van der Waals surface area (Å²) < 4.78 is 0. The van der Waals surface area contributed by atoms with Crippen LogP contribution in [0.25, 0.3) is 0 Å². The number of allylic oxidation sites excluding steroid dienone is 8. The van der Waals surface area contributed by atoms with Crippen molar-refractivity contribution in [2.45, 2.75) is 12.8 Å². The molecule has 0 aromatic heterocycles. The first-order valence-electron chi connectivity index (χ1n) is 3.43. The normalized spacial score (nSPS) is 13.5. The molecule has 2 aliphatic rings. The second kappa shape index (κ2) is 15.1. The zero-order chi connectivity index (χ0) is 7.07. The van der Waals surface area contributed by atoms with Crippen molar-refractivity contribution in [3.8, 4) is 0 Å². The molecule has 0 fully saturated rings. The SMILES string of the molecule is Br.Br.[C-]1=CC=CC1.[C-]1=CC=CC1.[Ti+2]. The molecule has 0 aromatic rings. The van der Waals surface area contributed by atoms with Gasteiger partial charge >= 0.3 is 21.7 Å². The molecule has 0 unspecified atom stereocenters. The van der Waals surface area contributed by atoms with Gasteiger partial charge in [0, 0.05) is 0 Å². The predicted molar refractivity (Wildman–Crippen MR) is 63.8 cm³/mol. The number of hydrogen-bond acceptors (Lipinski definition) is 0. The summed E-state index contributed by atoms with van der Waals surface area (Å²) in [5.74, 6) is 0. The Kier molecular flexibility index (Phi) is 22.4. The average Bonchev–Trinajstić information content (AvgIpc) is 2.67. The van der Waals surface area contributed by atoms with Crippen molar-refractivity contribution in [1.29, 1.82) is 0 Å². The maximum absolute atomic E-state index is 2.99. The summed E-state index contributed by atoms with van der Waals surface area (Å²) in [4.78, 5) is 0. The second-order valence-electron chi connectivity index (χ2n) is 2.01. The second-order valence-corrected chi connectivity index (χ2v) is 2.01. The van der Waals surface area contributed by atoms with Gasteiger partial charge in [0.15, 0.2) is 0 Å². The summed E-state index contributed by atoms with van der Waals surface area (Å²) in [6, 6.07) is 0. The maximum Gasteiger partial charge on any atom is 2.00 e. The van der Waals surface area contributed by atoms with E-state index in [1.54, 1.807) is 0 Å². The molecule has 0 saturated carbocycles. The van der Waals surface area contributed by atoms with E-state index in [2.05, 4.69) is 24.3 Å². The van der Waals surface area contributed by atoms with E-state index in [4.69, 9.17) is 0 Å². The van der Waals surface area contributed by atoms with Gasteiger partial charge in [-0.3, -0.25) is 12.2 Å². The van der Waals surface area contributed by atoms with Crippen molar-refractivity contribution in [2.24, 2.45) is 0 Å². The third-order valence-corrected chi connectivity index (χ3v) is 1.17. The fourth-order valence-electron chi connectivity index (χ4n) is 0.680. The van der Waals surface area contributed by atoms with Gasteiger partial charge in [-0.05, 0) is 0 Å². The van der Waals surface area contributed by atoms with E-state index in [-0.39, 0.29) is 55.7 Å². The van der Waals surface area contributed by atoms with E-state index in [0.29, 0.717) is 0 Å². The first-order chi connectivity index (χ1) is 5.00. The average molecular weight is 340 g/mol. The van der Waals surface area contributed by atoms with E-state index in [1.807, 2.05) is 24.3 Å². The Morgan fingerprint density at radius 1 is 0.769 bits per heavy atom. The van der Waals surface area contributed by atoms with Gasteiger partial charge in [0.05, 0.1) is 0 Å². The Hall–Kier alpha value is 0.634. The van der Waals surface area contributed by atoms with E-state index >= 15 is 0 Å². The van der Waals surface area contributed by atoms with Gasteiger partial charge in [-0.15, -0.1) is 46.8 Å². The third-order valence-electron chi connectivity index (χ3n) is 1.17. The third kappa shape index (κ3) is 12.6. The molecule has 0 atom stereocenters. The van der Waals surface area contributed by atoms with Crippen LogP contribution in [0, 0.1) is 12.2 Å². The molecule has 2 aliphatic carbocycles. The molecule has 70 valence electrons. The summed E-state index contributed by atoms with van der Waals surface area (Å²) in [6.07, 6.45) is 20.0. The van der Waals surface area contributed by atoms with Crippen LogP contribution in [0.5, 0.6) is 0 Å². The summed E-state index contributed by atoms with van der Waals surface area (Å²) in [7, 11) is 0. The van der Waals surface area contributed by atoms with Crippen LogP contribution in [0.2, 0.25) is 0 Å². The van der Waals surface area contributed by atoms with Gasteiger partial charge in [0.1, 0.15) is 0 Å². The summed E-state index contributed by atoms with van der Waals surface area (Å²) >= 11 is 0. The molecule has 2 rings (SSSR count). The zero-order valence-corrected chi connectivity index (χ0v) is 12.2. The number of rotatable bonds is 0. The monoisotopic (exact) mass is 338 g/mol. The van der Waals surface area contributed by atoms with Crippen molar-refractivity contribution in [3.63, 3.8) is 0 Å². The molecule has 0 nitrogen and oxygen atoms in total. The molecule has 0 N–H and O–H groups in total. The van der Waals surface area contributed by atoms with Crippen LogP contribution in [0.3, 0.4) is 0 Å². The Labute approximate surface area is 116 Å². The van der Waals surface area contributed by atoms with Crippen molar-refractivity contribution in [3.05, 3.63) is 48.6 Å². The molecule has 0 heterocycles. The molecule has 13 heavy (non-hydrogen) atoms. The van der Waals surface area contributed by atoms with Gasteiger partial charge in [-0.25, -0.2) is 24.3 Å². The smallest absolute Gasteiger partial charge is 0.273 e. The van der Waals surface area contributed by atoms with E-state index < -0.39 is 0 Å². The van der Waals surface area contributed by atoms with Crippen LogP contribution >= 0.6 is 34.0 Å². The molecule has 0 radical (unpaired) electrons. The van der Waals surface area contributed by atoms with Crippen molar-refractivity contribution < 1.29 is 21.7 Å². The Morgan fingerprint density at radius 3 is 1.23 bits per heavy atom. The van der Waals surface area contributed by atoms with Crippen LogP contribution < -0.4 is 0 Å². The van der Waals surface area contributed by atoms with E-state index in [0.717, 1.165) is 12.8 Å². The van der Waals surface area contributed by atoms with Gasteiger partial charge in [-0.1, -0.05) is 0 Å². The number of hydrogen-bond donors (Lipinski definition) is 0. The molecule has 0 bridgehead atoms. The Balaban J connectivity index is -0.000000125. The molecule has 3 heteroatoms. The zero-order valence-electron chi connectivity index (χ0n) is 7.19. The summed E-state index contributed by atoms with van der Waals surface area (Å²) in [5.41, 5.74) is 0. The molecule has 0 aliphatic heterocycles. The quantitative estimate of drug-likeness (QED) is 0.465. The fourth-order valence-corrected chi connectivity index (χ4v) is 0.680. The van der Waals surface area contributed by atoms with Crippen molar-refractivity contribution in [2.75, 3.05) is 0 Å². The van der Waals surface area contributed by atoms with Gasteiger partial charge in [0.2, 0.25) is 0 Å². The van der Waals surface area contributed by atoms with Gasteiger partial charge in [0.25, 0.3) is 0 Å². The first-order valence-corrected chi connectivity index (χ1v) is 3.43. The molecule has 0 spiro atoms. The van der Waals surface area contributed by atoms with E-state index in [1.165, 1.54) is 0 Å². The van der Waals surface area contributed by atoms with Crippen molar-refractivity contribution in [1.82, 2.24) is 0 Å². The predicted octanol–water partition coefficient (Wildman–Crippen LogP) is 3.76. The number of halogens is 2. The minimum atomic E-state index is 0. The van der Waals surface area contributed by atoms with Crippen LogP contribution in [0.15, 0.2) is 36.5 Å². The molecule has 0 saturated heterocycles. The standard InChI is InChI=1S/2C5H5.2BrH.Ti/c2*1-2-4-5-3-1;;;/h2*1-3H,4H2;2*1H;/q2*-1;;;+2. The Bertz CT molecular complexity index is 151. The molecule has 0 amide bonds. The molecular formula is C10H12Br2Ti. The molecular weight excluding hydrogens is 328 g/mol. The summed E-state index contributed by atoms with van der Waals surface area (Å²) in [6.45, 7) is 0. The fraction of sp³-hybridized carbons (Fsp3) is 0.200. The minimum absolute atomic E-state index is 0. The van der Waals surface area contributed by atoms with E-state index in [9.17, 15) is 0 Å². The van der Waals surface area contributed by atoms with Gasteiger partial charge in [-0.2, -0.15) is 12.2 Å². The largest absolute Gasteiger partial charge is 2.00 e. The van der Waals surface area contributed by atoms with Crippen LogP contribution in [0.1, 0.15) is 12.8 Å². The maximum atomic E-state index is 2.99. The van der Waals surface area contributed by atoms with Crippen molar-refractivity contribution >= 4 is 34.0 Å².